The third-order valence-electron chi connectivity index (χ3n) is 6.91. The van der Waals surface area contributed by atoms with Crippen molar-refractivity contribution in [3.8, 4) is 5.75 Å². The molecule has 2 heterocycles. The van der Waals surface area contributed by atoms with E-state index in [1.54, 1.807) is 0 Å². The Morgan fingerprint density at radius 1 is 0.944 bits per heavy atom. The number of fused-ring (bicyclic) bond motifs is 1. The summed E-state index contributed by atoms with van der Waals surface area (Å²) in [5.41, 5.74) is 1.91. The van der Waals surface area contributed by atoms with Gasteiger partial charge in [0.2, 0.25) is 5.91 Å². The van der Waals surface area contributed by atoms with E-state index < -0.39 is 35.6 Å². The minimum Gasteiger partial charge on any atom is -0.491 e. The Kier molecular flexibility index (Phi) is 6.59. The lowest BCUT2D eigenvalue weighted by atomic mass is 9.90. The number of rotatable bonds is 5. The fourth-order valence-corrected chi connectivity index (χ4v) is 5.23. The third-order valence-corrected chi connectivity index (χ3v) is 6.91. The summed E-state index contributed by atoms with van der Waals surface area (Å²) in [5, 5.41) is 10.1. The number of aliphatic carboxylic acids is 1. The monoisotopic (exact) mass is 492 g/mol. The number of ether oxygens (including phenoxy) is 1. The second-order valence-electron chi connectivity index (χ2n) is 9.12. The van der Waals surface area contributed by atoms with Crippen LogP contribution in [0.3, 0.4) is 0 Å². The highest BCUT2D eigenvalue weighted by Crippen LogP contribution is 2.38. The Bertz CT molecular complexity index is 1220. The fraction of sp³-hybridized carbons (Fsp3) is 0.286. The number of likely N-dealkylation sites (tertiary alicyclic amines) is 1. The number of carboxylic acids is 1. The van der Waals surface area contributed by atoms with Crippen LogP contribution in [0.4, 0.5) is 14.5 Å². The molecule has 3 aromatic rings. The number of hydrogen-bond acceptors (Lipinski definition) is 4. The average Bonchev–Trinajstić information content (AvgIpc) is 3.24. The Balaban J connectivity index is 1.50. The lowest BCUT2D eigenvalue weighted by Crippen LogP contribution is -2.44. The molecule has 1 saturated heterocycles. The average molecular weight is 493 g/mol. The smallest absolute Gasteiger partial charge is 0.326 e. The maximum absolute atomic E-state index is 14.2. The SMILES string of the molecule is O=C(O)[C@@H]1C[C@H](N2CCCOc3cc(F)c(F)cc32)CN1C(=O)C(c1ccccc1)c1ccccc1. The molecule has 3 aromatic carbocycles. The number of nitrogens with zero attached hydrogens (tertiary/aromatic N) is 2. The predicted octanol–water partition coefficient (Wildman–Crippen LogP) is 4.44. The van der Waals surface area contributed by atoms with E-state index in [0.717, 1.165) is 23.3 Å². The highest BCUT2D eigenvalue weighted by atomic mass is 19.2. The second-order valence-corrected chi connectivity index (χ2v) is 9.12. The zero-order chi connectivity index (χ0) is 25.2. The first-order valence-corrected chi connectivity index (χ1v) is 12.0. The number of carboxylic acid groups (broad SMARTS) is 1. The van der Waals surface area contributed by atoms with E-state index in [1.165, 1.54) is 4.90 Å². The van der Waals surface area contributed by atoms with Crippen LogP contribution in [0.5, 0.6) is 5.75 Å². The highest BCUT2D eigenvalue weighted by molar-refractivity contribution is 5.91. The van der Waals surface area contributed by atoms with Gasteiger partial charge < -0.3 is 19.6 Å². The first kappa shape index (κ1) is 23.8. The zero-order valence-electron chi connectivity index (χ0n) is 19.5. The van der Waals surface area contributed by atoms with Gasteiger partial charge in [0.1, 0.15) is 11.8 Å². The highest BCUT2D eigenvalue weighted by Gasteiger charge is 2.45. The minimum atomic E-state index is -1.10. The molecule has 0 spiro atoms. The van der Waals surface area contributed by atoms with Crippen molar-refractivity contribution in [3.63, 3.8) is 0 Å². The fourth-order valence-electron chi connectivity index (χ4n) is 5.23. The lowest BCUT2D eigenvalue weighted by molar-refractivity contribution is -0.148. The summed E-state index contributed by atoms with van der Waals surface area (Å²) >= 11 is 0. The summed E-state index contributed by atoms with van der Waals surface area (Å²) in [4.78, 5) is 29.6. The van der Waals surface area contributed by atoms with E-state index in [0.29, 0.717) is 25.3 Å². The molecular weight excluding hydrogens is 466 g/mol. The molecule has 2 aliphatic heterocycles. The molecule has 36 heavy (non-hydrogen) atoms. The topological polar surface area (TPSA) is 70.1 Å². The van der Waals surface area contributed by atoms with Crippen LogP contribution in [0.25, 0.3) is 0 Å². The van der Waals surface area contributed by atoms with Crippen molar-refractivity contribution in [2.24, 2.45) is 0 Å². The van der Waals surface area contributed by atoms with E-state index >= 15 is 0 Å². The van der Waals surface area contributed by atoms with Crippen LogP contribution in [-0.2, 0) is 9.59 Å². The molecule has 5 rings (SSSR count). The Morgan fingerprint density at radius 2 is 1.56 bits per heavy atom. The molecule has 1 amide bonds. The van der Waals surface area contributed by atoms with Crippen LogP contribution >= 0.6 is 0 Å². The van der Waals surface area contributed by atoms with Gasteiger partial charge in [-0.2, -0.15) is 0 Å². The van der Waals surface area contributed by atoms with Crippen molar-refractivity contribution in [2.75, 3.05) is 24.6 Å². The molecule has 2 atom stereocenters. The summed E-state index contributed by atoms with van der Waals surface area (Å²) in [6, 6.07) is 19.2. The molecule has 6 nitrogen and oxygen atoms in total. The Labute approximate surface area is 207 Å². The standard InChI is InChI=1S/C28H26F2N2O4/c29-21-15-23-25(16-22(21)30)36-13-7-12-31(23)20-14-24(28(34)35)32(17-20)27(33)26(18-8-3-1-4-9-18)19-10-5-2-6-11-19/h1-6,8-11,15-16,20,24,26H,7,12-14,17H2,(H,34,35)/t20-,24-/m0/s1. The maximum Gasteiger partial charge on any atom is 0.326 e. The van der Waals surface area contributed by atoms with E-state index in [9.17, 15) is 23.5 Å². The van der Waals surface area contributed by atoms with Crippen LogP contribution in [-0.4, -0.2) is 53.7 Å². The van der Waals surface area contributed by atoms with Crippen molar-refractivity contribution in [3.05, 3.63) is 95.6 Å². The van der Waals surface area contributed by atoms with Gasteiger partial charge in [0.25, 0.3) is 0 Å². The molecule has 0 radical (unpaired) electrons. The summed E-state index contributed by atoms with van der Waals surface area (Å²) in [6.45, 7) is 0.943. The summed E-state index contributed by atoms with van der Waals surface area (Å²) in [7, 11) is 0. The molecule has 186 valence electrons. The first-order chi connectivity index (χ1) is 17.4. The van der Waals surface area contributed by atoms with E-state index in [4.69, 9.17) is 4.74 Å². The largest absolute Gasteiger partial charge is 0.491 e. The first-order valence-electron chi connectivity index (χ1n) is 12.0. The normalized spacial score (nSPS) is 19.5. The molecular formula is C28H26F2N2O4. The number of halogens is 2. The van der Waals surface area contributed by atoms with Crippen LogP contribution in [0, 0.1) is 11.6 Å². The van der Waals surface area contributed by atoms with Gasteiger partial charge in [-0.05, 0) is 17.5 Å². The maximum atomic E-state index is 14.2. The molecule has 8 heteroatoms. The Morgan fingerprint density at radius 3 is 2.17 bits per heavy atom. The third kappa shape index (κ3) is 4.51. The van der Waals surface area contributed by atoms with Crippen molar-refractivity contribution in [1.29, 1.82) is 0 Å². The molecule has 0 saturated carbocycles. The molecule has 0 aromatic heterocycles. The van der Waals surface area contributed by atoms with Gasteiger partial charge in [0.05, 0.1) is 18.2 Å². The van der Waals surface area contributed by atoms with Crippen LogP contribution in [0.2, 0.25) is 0 Å². The molecule has 0 bridgehead atoms. The van der Waals surface area contributed by atoms with Gasteiger partial charge >= 0.3 is 5.97 Å². The van der Waals surface area contributed by atoms with Gasteiger partial charge in [0.15, 0.2) is 11.6 Å². The van der Waals surface area contributed by atoms with Crippen LogP contribution in [0.15, 0.2) is 72.8 Å². The van der Waals surface area contributed by atoms with Crippen LogP contribution in [0.1, 0.15) is 29.9 Å². The van der Waals surface area contributed by atoms with Crippen molar-refractivity contribution < 1.29 is 28.2 Å². The molecule has 2 aliphatic rings. The number of benzene rings is 3. The quantitative estimate of drug-likeness (QED) is 0.570. The van der Waals surface area contributed by atoms with Gasteiger partial charge in [0, 0.05) is 37.7 Å². The predicted molar refractivity (Wildman–Crippen MR) is 130 cm³/mol. The van der Waals surface area contributed by atoms with Crippen molar-refractivity contribution >= 4 is 17.6 Å². The number of anilines is 1. The van der Waals surface area contributed by atoms with Gasteiger partial charge in [-0.15, -0.1) is 0 Å². The van der Waals surface area contributed by atoms with Crippen molar-refractivity contribution in [1.82, 2.24) is 4.90 Å². The summed E-state index contributed by atoms with van der Waals surface area (Å²) < 4.78 is 33.7. The minimum absolute atomic E-state index is 0.143. The van der Waals surface area contributed by atoms with Gasteiger partial charge in [-0.25, -0.2) is 13.6 Å². The van der Waals surface area contributed by atoms with E-state index in [1.807, 2.05) is 65.6 Å². The number of amides is 1. The van der Waals surface area contributed by atoms with E-state index in [-0.39, 0.29) is 24.6 Å². The van der Waals surface area contributed by atoms with E-state index in [2.05, 4.69) is 0 Å². The van der Waals surface area contributed by atoms with Gasteiger partial charge in [-0.1, -0.05) is 60.7 Å². The number of carbonyl (C=O) groups excluding carboxylic acids is 1. The Hall–Kier alpha value is -3.94. The molecule has 1 fully saturated rings. The molecule has 0 aliphatic carbocycles. The van der Waals surface area contributed by atoms with Crippen LogP contribution < -0.4 is 9.64 Å². The van der Waals surface area contributed by atoms with Crippen molar-refractivity contribution in [2.45, 2.75) is 30.8 Å². The molecule has 0 unspecified atom stereocenters. The summed E-state index contributed by atoms with van der Waals surface area (Å²) in [6.07, 6.45) is 0.757. The zero-order valence-corrected chi connectivity index (χ0v) is 19.5. The number of carbonyl (C=O) groups is 2. The second kappa shape index (κ2) is 9.97. The van der Waals surface area contributed by atoms with Gasteiger partial charge in [-0.3, -0.25) is 4.79 Å². The summed E-state index contributed by atoms with van der Waals surface area (Å²) in [5.74, 6) is -3.86. The lowest BCUT2D eigenvalue weighted by Gasteiger charge is -2.31. The number of hydrogen-bond donors (Lipinski definition) is 1. The molecule has 1 N–H and O–H groups in total.